The maximum absolute atomic E-state index is 12.7. The van der Waals surface area contributed by atoms with E-state index in [4.69, 9.17) is 35.1 Å². The summed E-state index contributed by atoms with van der Waals surface area (Å²) in [5.41, 5.74) is 0. The summed E-state index contributed by atoms with van der Waals surface area (Å²) in [7, 11) is -14.8. The van der Waals surface area contributed by atoms with Gasteiger partial charge in [-0.15, -0.1) is 0 Å². The SMILES string of the molecule is CCCC(=O)OCCCOC(=O)CCCC[Si](O[Si](C)(C)CCCO[Si](C)(C)C)(O[Si](C)(C)CCCO[Si](C)(C)C)O[Si](C)(C)CCCO[Si](C)(C)C. The van der Waals surface area contributed by atoms with Crippen LogP contribution in [-0.2, 0) is 44.7 Å². The van der Waals surface area contributed by atoms with E-state index in [1.54, 1.807) is 0 Å². The van der Waals surface area contributed by atoms with E-state index in [0.29, 0.717) is 31.7 Å². The van der Waals surface area contributed by atoms with Gasteiger partial charge >= 0.3 is 20.7 Å². The van der Waals surface area contributed by atoms with E-state index in [1.807, 2.05) is 6.92 Å². The van der Waals surface area contributed by atoms with Gasteiger partial charge in [-0.1, -0.05) is 6.92 Å². The molecule has 0 aromatic carbocycles. The Balaban J connectivity index is 6.08. The molecule has 0 radical (unpaired) electrons. The first-order valence-electron chi connectivity index (χ1n) is 20.4. The van der Waals surface area contributed by atoms with Gasteiger partial charge in [0.15, 0.2) is 49.9 Å². The molecule has 0 saturated heterocycles. The van der Waals surface area contributed by atoms with Crippen LogP contribution in [0.2, 0.25) is 122 Å². The van der Waals surface area contributed by atoms with Gasteiger partial charge in [-0.3, -0.25) is 9.59 Å². The van der Waals surface area contributed by atoms with Gasteiger partial charge in [0, 0.05) is 45.1 Å². The molecule has 0 aliphatic heterocycles. The van der Waals surface area contributed by atoms with Crippen molar-refractivity contribution >= 4 is 70.6 Å². The van der Waals surface area contributed by atoms with E-state index in [-0.39, 0.29) is 25.2 Å². The number of hydrogen-bond donors (Lipinski definition) is 0. The number of carbonyl (C=O) groups is 2. The highest BCUT2D eigenvalue weighted by Crippen LogP contribution is 2.35. The molecule has 10 nitrogen and oxygen atoms in total. The average Bonchev–Trinajstić information content (AvgIpc) is 2.96. The zero-order chi connectivity index (χ0) is 41.0. The van der Waals surface area contributed by atoms with E-state index >= 15 is 0 Å². The van der Waals surface area contributed by atoms with Crippen LogP contribution in [0.3, 0.4) is 0 Å². The van der Waals surface area contributed by atoms with Crippen LogP contribution in [0.1, 0.15) is 64.7 Å². The van der Waals surface area contributed by atoms with Crippen molar-refractivity contribution in [1.29, 1.82) is 0 Å². The van der Waals surface area contributed by atoms with Gasteiger partial charge in [0.05, 0.1) is 13.2 Å². The minimum atomic E-state index is -3.23. The van der Waals surface area contributed by atoms with Crippen LogP contribution in [0.5, 0.6) is 0 Å². The van der Waals surface area contributed by atoms with E-state index in [2.05, 4.69) is 98.2 Å². The molecule has 0 fully saturated rings. The fraction of sp³-hybridized carbons (Fsp3) is 0.944. The quantitative estimate of drug-likeness (QED) is 0.0368. The van der Waals surface area contributed by atoms with Crippen molar-refractivity contribution in [3.05, 3.63) is 0 Å². The number of hydrogen-bond acceptors (Lipinski definition) is 10. The molecule has 0 aromatic heterocycles. The predicted octanol–water partition coefficient (Wildman–Crippen LogP) is 10.8. The summed E-state index contributed by atoms with van der Waals surface area (Å²) in [6.07, 6.45) is 6.29. The second-order valence-electron chi connectivity index (χ2n) is 19.2. The third-order valence-corrected chi connectivity index (χ3v) is 27.3. The molecule has 0 atom stereocenters. The van der Waals surface area contributed by atoms with Crippen LogP contribution in [0.4, 0.5) is 0 Å². The number of unbranched alkanes of at least 4 members (excludes halogenated alkanes) is 1. The maximum Gasteiger partial charge on any atom is 0.469 e. The van der Waals surface area contributed by atoms with Gasteiger partial charge < -0.3 is 35.1 Å². The third-order valence-electron chi connectivity index (χ3n) is 8.05. The van der Waals surface area contributed by atoms with Crippen molar-refractivity contribution in [3.63, 3.8) is 0 Å². The lowest BCUT2D eigenvalue weighted by Crippen LogP contribution is -2.62. The normalized spacial score (nSPS) is 13.7. The Morgan fingerprint density at radius 2 is 0.736 bits per heavy atom. The molecular formula is C36H84O10Si7. The van der Waals surface area contributed by atoms with Crippen LogP contribution < -0.4 is 0 Å². The monoisotopic (exact) mass is 872 g/mol. The van der Waals surface area contributed by atoms with Gasteiger partial charge in [-0.05, 0) is 155 Å². The minimum Gasteiger partial charge on any atom is -0.466 e. The topological polar surface area (TPSA) is 108 Å². The number of ether oxygens (including phenoxy) is 2. The summed E-state index contributed by atoms with van der Waals surface area (Å²) in [6.45, 7) is 38.6. The fourth-order valence-electron chi connectivity index (χ4n) is 5.65. The highest BCUT2D eigenvalue weighted by Gasteiger charge is 2.52. The van der Waals surface area contributed by atoms with Gasteiger partial charge in [0.2, 0.25) is 0 Å². The van der Waals surface area contributed by atoms with Crippen LogP contribution in [0.25, 0.3) is 0 Å². The molecule has 0 heterocycles. The molecule has 0 N–H and O–H groups in total. The first-order chi connectivity index (χ1) is 24.1. The standard InChI is InChI=1S/C36H84O10Si7/c1-17-24-35(37)39-26-20-27-40-36(38)25-18-19-34-53(44-50(11,12)31-21-28-41-47(2,3)4,45-51(13,14)32-22-29-42-48(5,6)7)46-52(15,16)33-23-30-43-49(8,9)10/h17-34H2,1-16H3. The second-order valence-corrected chi connectivity index (χ2v) is 49.1. The van der Waals surface area contributed by atoms with Crippen molar-refractivity contribution in [2.75, 3.05) is 33.0 Å². The number of esters is 2. The van der Waals surface area contributed by atoms with E-state index in [0.717, 1.165) is 70.1 Å². The Labute approximate surface area is 334 Å². The first kappa shape index (κ1) is 53.2. The zero-order valence-corrected chi connectivity index (χ0v) is 44.3. The first-order valence-corrected chi connectivity index (χ1v) is 41.9. The summed E-state index contributed by atoms with van der Waals surface area (Å²) < 4.78 is 51.6. The van der Waals surface area contributed by atoms with Crippen molar-refractivity contribution < 1.29 is 44.7 Å². The molecule has 0 unspecified atom stereocenters. The molecule has 0 saturated carbocycles. The number of rotatable bonds is 32. The Bertz CT molecular complexity index is 937. The Hall–Kier alpha value is 0.218. The largest absolute Gasteiger partial charge is 0.469 e. The van der Waals surface area contributed by atoms with Crippen LogP contribution in [0.15, 0.2) is 0 Å². The summed E-state index contributed by atoms with van der Waals surface area (Å²) in [4.78, 5) is 24.3. The van der Waals surface area contributed by atoms with Gasteiger partial charge in [0.25, 0.3) is 0 Å². The van der Waals surface area contributed by atoms with Crippen molar-refractivity contribution in [1.82, 2.24) is 0 Å². The molecule has 53 heavy (non-hydrogen) atoms. The molecule has 0 aliphatic carbocycles. The minimum absolute atomic E-state index is 0.207. The van der Waals surface area contributed by atoms with Crippen LogP contribution >= 0.6 is 0 Å². The summed E-state index contributed by atoms with van der Waals surface area (Å²) in [5, 5.41) is 0. The van der Waals surface area contributed by atoms with Crippen molar-refractivity contribution in [3.8, 4) is 0 Å². The molecule has 0 aliphatic rings. The van der Waals surface area contributed by atoms with Gasteiger partial charge in [-0.2, -0.15) is 0 Å². The fourth-order valence-corrected chi connectivity index (χ4v) is 25.8. The van der Waals surface area contributed by atoms with Gasteiger partial charge in [0.1, 0.15) is 0 Å². The summed E-state index contributed by atoms with van der Waals surface area (Å²) in [5.74, 6) is -0.437. The van der Waals surface area contributed by atoms with Gasteiger partial charge in [-0.25, -0.2) is 0 Å². The van der Waals surface area contributed by atoms with Crippen LogP contribution in [-0.4, -0.2) is 104 Å². The molecule has 0 amide bonds. The molecule has 0 spiro atoms. The van der Waals surface area contributed by atoms with E-state index < -0.39 is 58.7 Å². The van der Waals surface area contributed by atoms with E-state index in [1.165, 1.54) is 0 Å². The van der Waals surface area contributed by atoms with Crippen molar-refractivity contribution in [2.45, 2.75) is 187 Å². The predicted molar refractivity (Wildman–Crippen MR) is 238 cm³/mol. The maximum atomic E-state index is 12.7. The molecule has 17 heteroatoms. The summed E-state index contributed by atoms with van der Waals surface area (Å²) >= 11 is 0. The summed E-state index contributed by atoms with van der Waals surface area (Å²) in [6, 6.07) is 3.59. The lowest BCUT2D eigenvalue weighted by atomic mass is 10.2. The Kier molecular flexibility index (Phi) is 25.0. The molecule has 316 valence electrons. The second kappa shape index (κ2) is 24.9. The van der Waals surface area contributed by atoms with E-state index in [9.17, 15) is 9.59 Å². The smallest absolute Gasteiger partial charge is 0.466 e. The Morgan fingerprint density at radius 1 is 0.396 bits per heavy atom. The molecule has 0 aromatic rings. The highest BCUT2D eigenvalue weighted by molar-refractivity contribution is 6.90. The third kappa shape index (κ3) is 31.9. The lowest BCUT2D eigenvalue weighted by molar-refractivity contribution is -0.146. The van der Waals surface area contributed by atoms with Crippen LogP contribution in [0, 0.1) is 0 Å². The Morgan fingerprint density at radius 3 is 1.06 bits per heavy atom. The molecule has 0 rings (SSSR count). The molecule has 0 bridgehead atoms. The lowest BCUT2D eigenvalue weighted by Gasteiger charge is -2.45. The number of carbonyl (C=O) groups excluding carboxylic acids is 2. The highest BCUT2D eigenvalue weighted by atomic mass is 28.5. The molecular weight excluding hydrogens is 789 g/mol. The zero-order valence-electron chi connectivity index (χ0n) is 37.3. The van der Waals surface area contributed by atoms with Crippen molar-refractivity contribution in [2.24, 2.45) is 0 Å². The average molecular weight is 874 g/mol.